The number of aryl methyl sites for hydroxylation is 1. The molecule has 1 aliphatic rings. The predicted molar refractivity (Wildman–Crippen MR) is 101 cm³/mol. The van der Waals surface area contributed by atoms with Crippen LogP contribution in [-0.2, 0) is 6.42 Å². The first-order chi connectivity index (χ1) is 12.2. The Balaban J connectivity index is 1.82. The van der Waals surface area contributed by atoms with Crippen LogP contribution in [0.1, 0.15) is 19.0 Å². The molecule has 0 saturated carbocycles. The minimum Gasteiger partial charge on any atom is -0.354 e. The van der Waals surface area contributed by atoms with E-state index in [2.05, 4.69) is 26.8 Å². The first-order valence-electron chi connectivity index (χ1n) is 8.32. The highest BCUT2D eigenvalue weighted by Gasteiger charge is 2.26. The lowest BCUT2D eigenvalue weighted by Gasteiger charge is -2.18. The molecule has 1 saturated heterocycles. The van der Waals surface area contributed by atoms with E-state index in [0.29, 0.717) is 10.2 Å². The monoisotopic (exact) mass is 374 g/mol. The predicted octanol–water partition coefficient (Wildman–Crippen LogP) is 3.26. The van der Waals surface area contributed by atoms with E-state index >= 15 is 0 Å². The van der Waals surface area contributed by atoms with Gasteiger partial charge >= 0.3 is 0 Å². The van der Waals surface area contributed by atoms with Crippen molar-refractivity contribution in [3.05, 3.63) is 35.2 Å². The van der Waals surface area contributed by atoms with Crippen molar-refractivity contribution in [2.75, 3.05) is 18.0 Å². The summed E-state index contributed by atoms with van der Waals surface area (Å²) in [5.74, 6) is 0.866. The summed E-state index contributed by atoms with van der Waals surface area (Å²) in [5.41, 5.74) is 7.86. The molecule has 0 radical (unpaired) electrons. The van der Waals surface area contributed by atoms with E-state index in [1.54, 1.807) is 6.20 Å². The van der Waals surface area contributed by atoms with Gasteiger partial charge in [0.05, 0.1) is 10.4 Å². The van der Waals surface area contributed by atoms with Crippen molar-refractivity contribution >= 4 is 40.2 Å². The Morgan fingerprint density at radius 3 is 3.00 bits per heavy atom. The fourth-order valence-electron chi connectivity index (χ4n) is 3.08. The zero-order valence-corrected chi connectivity index (χ0v) is 15.4. The Hall–Kier alpha value is -1.83. The molecule has 3 aromatic heterocycles. The second-order valence-corrected chi connectivity index (χ2v) is 7.53. The van der Waals surface area contributed by atoms with E-state index < -0.39 is 0 Å². The van der Waals surface area contributed by atoms with Gasteiger partial charge in [-0.1, -0.05) is 18.5 Å². The van der Waals surface area contributed by atoms with Gasteiger partial charge in [-0.15, -0.1) is 0 Å². The van der Waals surface area contributed by atoms with Crippen LogP contribution in [0.5, 0.6) is 0 Å². The van der Waals surface area contributed by atoms with Gasteiger partial charge in [0, 0.05) is 42.1 Å². The van der Waals surface area contributed by atoms with Crippen LogP contribution in [0.3, 0.4) is 0 Å². The summed E-state index contributed by atoms with van der Waals surface area (Å²) in [4.78, 5) is 20.2. The lowest BCUT2D eigenvalue weighted by Crippen LogP contribution is -2.27. The topological polar surface area (TPSA) is 83.7 Å². The molecule has 0 aromatic carbocycles. The number of hydrogen-bond acceptors (Lipinski definition) is 6. The third kappa shape index (κ3) is 3.19. The maximum Gasteiger partial charge on any atom is 0.196 e. The van der Waals surface area contributed by atoms with Gasteiger partial charge in [0.25, 0.3) is 0 Å². The van der Waals surface area contributed by atoms with Gasteiger partial charge in [-0.05, 0) is 36.7 Å². The summed E-state index contributed by atoms with van der Waals surface area (Å²) in [6, 6.07) is 4.07. The number of halogens is 1. The maximum atomic E-state index is 6.60. The number of anilines is 1. The van der Waals surface area contributed by atoms with Crippen molar-refractivity contribution in [2.45, 2.75) is 35.9 Å². The van der Waals surface area contributed by atoms with Crippen LogP contribution in [0.4, 0.5) is 5.82 Å². The number of rotatable bonds is 4. The van der Waals surface area contributed by atoms with Crippen molar-refractivity contribution in [2.24, 2.45) is 5.73 Å². The average Bonchev–Trinajstić information content (AvgIpc) is 3.19. The largest absolute Gasteiger partial charge is 0.354 e. The molecule has 3 N–H and O–H groups in total. The highest BCUT2D eigenvalue weighted by molar-refractivity contribution is 7.99. The lowest BCUT2D eigenvalue weighted by molar-refractivity contribution is 0.751. The Labute approximate surface area is 155 Å². The highest BCUT2D eigenvalue weighted by Crippen LogP contribution is 2.37. The van der Waals surface area contributed by atoms with Crippen LogP contribution in [0, 0.1) is 0 Å². The molecule has 0 aliphatic carbocycles. The van der Waals surface area contributed by atoms with Gasteiger partial charge in [0.1, 0.15) is 11.5 Å². The normalized spacial score (nSPS) is 17.6. The van der Waals surface area contributed by atoms with Crippen molar-refractivity contribution < 1.29 is 0 Å². The second-order valence-electron chi connectivity index (χ2n) is 6.11. The molecule has 0 spiro atoms. The van der Waals surface area contributed by atoms with E-state index in [4.69, 9.17) is 22.3 Å². The summed E-state index contributed by atoms with van der Waals surface area (Å²) in [5, 5.41) is 2.28. The number of nitrogens with two attached hydrogens (primary N) is 1. The summed E-state index contributed by atoms with van der Waals surface area (Å²) < 4.78 is 0. The van der Waals surface area contributed by atoms with E-state index in [9.17, 15) is 0 Å². The minimum absolute atomic E-state index is 0.169. The van der Waals surface area contributed by atoms with E-state index in [0.717, 1.165) is 53.4 Å². The third-order valence-electron chi connectivity index (χ3n) is 4.34. The third-order valence-corrected chi connectivity index (χ3v) is 5.60. The first-order valence-corrected chi connectivity index (χ1v) is 9.51. The van der Waals surface area contributed by atoms with Crippen molar-refractivity contribution in [3.8, 4) is 0 Å². The molecular formula is C17H19ClN6S. The number of aromatic amines is 1. The number of hydrogen-bond donors (Lipinski definition) is 2. The van der Waals surface area contributed by atoms with Crippen molar-refractivity contribution in [3.63, 3.8) is 0 Å². The molecule has 4 rings (SSSR count). The molecular weight excluding hydrogens is 356 g/mol. The first kappa shape index (κ1) is 16.6. The van der Waals surface area contributed by atoms with Crippen LogP contribution >= 0.6 is 23.4 Å². The summed E-state index contributed by atoms with van der Waals surface area (Å²) in [6.07, 6.45) is 5.34. The van der Waals surface area contributed by atoms with E-state index in [-0.39, 0.29) is 6.04 Å². The van der Waals surface area contributed by atoms with E-state index in [1.807, 2.05) is 18.3 Å². The minimum atomic E-state index is 0.169. The average molecular weight is 375 g/mol. The number of nitrogens with zero attached hydrogens (tertiary/aromatic N) is 4. The molecule has 25 heavy (non-hydrogen) atoms. The molecule has 6 nitrogen and oxygen atoms in total. The quantitative estimate of drug-likeness (QED) is 0.682. The molecule has 8 heteroatoms. The van der Waals surface area contributed by atoms with Crippen LogP contribution in [0.2, 0.25) is 5.02 Å². The van der Waals surface area contributed by atoms with Gasteiger partial charge in [-0.3, -0.25) is 4.98 Å². The standard InChI is InChI=1S/C17H19ClN6S/c1-2-12-14(18)13-15(21-12)22-17(25-11-4-3-6-20-8-11)23-16(13)24-7-5-10(19)9-24/h3-4,6,8,10H,2,5,7,9,19H2,1H3,(H,21,22,23)/t10-/m1/s1. The Kier molecular flexibility index (Phi) is 4.54. The highest BCUT2D eigenvalue weighted by atomic mass is 35.5. The Bertz CT molecular complexity index is 897. The molecule has 130 valence electrons. The second kappa shape index (κ2) is 6.82. The van der Waals surface area contributed by atoms with Gasteiger partial charge < -0.3 is 15.6 Å². The Morgan fingerprint density at radius 2 is 2.32 bits per heavy atom. The molecule has 0 unspecified atom stereocenters. The molecule has 1 atom stereocenters. The number of pyridine rings is 1. The molecule has 0 bridgehead atoms. The fraction of sp³-hybridized carbons (Fsp3) is 0.353. The Morgan fingerprint density at radius 1 is 1.44 bits per heavy atom. The molecule has 1 aliphatic heterocycles. The zero-order valence-electron chi connectivity index (χ0n) is 13.9. The van der Waals surface area contributed by atoms with Gasteiger partial charge in [0.15, 0.2) is 5.16 Å². The van der Waals surface area contributed by atoms with Crippen LogP contribution in [-0.4, -0.2) is 39.1 Å². The van der Waals surface area contributed by atoms with Crippen LogP contribution in [0.25, 0.3) is 11.0 Å². The van der Waals surface area contributed by atoms with E-state index in [1.165, 1.54) is 11.8 Å². The summed E-state index contributed by atoms with van der Waals surface area (Å²) in [7, 11) is 0. The number of aromatic nitrogens is 4. The van der Waals surface area contributed by atoms with Crippen molar-refractivity contribution in [1.29, 1.82) is 0 Å². The summed E-state index contributed by atoms with van der Waals surface area (Å²) in [6.45, 7) is 3.74. The zero-order chi connectivity index (χ0) is 17.4. The van der Waals surface area contributed by atoms with Gasteiger partial charge in [-0.25, -0.2) is 9.97 Å². The molecule has 0 amide bonds. The maximum absolute atomic E-state index is 6.60. The lowest BCUT2D eigenvalue weighted by atomic mass is 10.3. The molecule has 3 aromatic rings. The fourth-order valence-corrected chi connectivity index (χ4v) is 4.18. The van der Waals surface area contributed by atoms with Crippen LogP contribution < -0.4 is 10.6 Å². The van der Waals surface area contributed by atoms with Gasteiger partial charge in [0.2, 0.25) is 0 Å². The number of H-pyrrole nitrogens is 1. The van der Waals surface area contributed by atoms with Crippen LogP contribution in [0.15, 0.2) is 34.6 Å². The molecule has 4 heterocycles. The molecule has 1 fully saturated rings. The number of nitrogens with one attached hydrogen (secondary N) is 1. The van der Waals surface area contributed by atoms with Gasteiger partial charge in [-0.2, -0.15) is 0 Å². The van der Waals surface area contributed by atoms with Crippen molar-refractivity contribution in [1.82, 2.24) is 19.9 Å². The SMILES string of the molecule is CCc1[nH]c2nc(Sc3cccnc3)nc(N3CC[C@@H](N)C3)c2c1Cl. The number of fused-ring (bicyclic) bond motifs is 1. The summed E-state index contributed by atoms with van der Waals surface area (Å²) >= 11 is 8.10. The smallest absolute Gasteiger partial charge is 0.196 e.